The lowest BCUT2D eigenvalue weighted by molar-refractivity contribution is 0.287. The van der Waals surface area contributed by atoms with Gasteiger partial charge in [-0.3, -0.25) is 0 Å². The number of aliphatic hydroxyl groups is 1. The van der Waals surface area contributed by atoms with Crippen LogP contribution < -0.4 is 4.74 Å². The summed E-state index contributed by atoms with van der Waals surface area (Å²) in [7, 11) is 1.72. The molecule has 1 aromatic carbocycles. The first-order valence-corrected chi connectivity index (χ1v) is 5.78. The number of benzene rings is 1. The number of aryl methyl sites for hydroxylation is 1. The first kappa shape index (κ1) is 13.0. The Balaban J connectivity index is 3.11. The van der Waals surface area contributed by atoms with Crippen LogP contribution in [0.5, 0.6) is 5.75 Å². The van der Waals surface area contributed by atoms with Crippen LogP contribution in [-0.2, 0) is 11.8 Å². The van der Waals surface area contributed by atoms with E-state index in [-0.39, 0.29) is 12.0 Å². The monoisotopic (exact) mass is 222 g/mol. The van der Waals surface area contributed by atoms with Crippen LogP contribution in [0.2, 0.25) is 0 Å². The molecule has 0 aliphatic heterocycles. The molecule has 0 atom stereocenters. The molecule has 16 heavy (non-hydrogen) atoms. The number of ether oxygens (including phenoxy) is 1. The van der Waals surface area contributed by atoms with Gasteiger partial charge >= 0.3 is 0 Å². The second kappa shape index (κ2) is 5.35. The molecule has 90 valence electrons. The number of hydrogen-bond donors (Lipinski definition) is 1. The van der Waals surface area contributed by atoms with Crippen LogP contribution in [0.3, 0.4) is 0 Å². The Morgan fingerprint density at radius 1 is 1.25 bits per heavy atom. The molecule has 0 saturated carbocycles. The summed E-state index contributed by atoms with van der Waals surface area (Å²) in [6.07, 6.45) is 1.65. The molecule has 1 N–H and O–H groups in total. The molecular formula is C14H22O2. The van der Waals surface area contributed by atoms with Crippen molar-refractivity contribution < 1.29 is 9.84 Å². The van der Waals surface area contributed by atoms with Crippen LogP contribution >= 0.6 is 0 Å². The van der Waals surface area contributed by atoms with E-state index in [0.29, 0.717) is 0 Å². The van der Waals surface area contributed by atoms with Gasteiger partial charge in [0, 0.05) is 6.61 Å². The standard InChI is InChI=1S/C14H22O2/c1-14(2,3)12-9-5-7-11(8-6-10-15)13(12)16-4/h5,7,9,15H,6,8,10H2,1-4H3. The fraction of sp³-hybridized carbons (Fsp3) is 0.571. The maximum atomic E-state index is 8.88. The highest BCUT2D eigenvalue weighted by Crippen LogP contribution is 2.34. The normalized spacial score (nSPS) is 11.6. The van der Waals surface area contributed by atoms with E-state index < -0.39 is 0 Å². The third-order valence-corrected chi connectivity index (χ3v) is 2.71. The van der Waals surface area contributed by atoms with Crippen molar-refractivity contribution >= 4 is 0 Å². The average molecular weight is 222 g/mol. The molecule has 0 fully saturated rings. The van der Waals surface area contributed by atoms with Crippen molar-refractivity contribution in [2.75, 3.05) is 13.7 Å². The van der Waals surface area contributed by atoms with Crippen molar-refractivity contribution in [3.05, 3.63) is 29.3 Å². The van der Waals surface area contributed by atoms with Gasteiger partial charge < -0.3 is 9.84 Å². The molecule has 1 rings (SSSR count). The van der Waals surface area contributed by atoms with E-state index in [0.717, 1.165) is 18.6 Å². The van der Waals surface area contributed by atoms with Crippen molar-refractivity contribution in [2.24, 2.45) is 0 Å². The molecule has 1 aromatic rings. The number of para-hydroxylation sites is 1. The second-order valence-corrected chi connectivity index (χ2v) is 5.08. The predicted molar refractivity (Wildman–Crippen MR) is 67.1 cm³/mol. The summed E-state index contributed by atoms with van der Waals surface area (Å²) >= 11 is 0. The quantitative estimate of drug-likeness (QED) is 0.848. The molecule has 0 heterocycles. The molecule has 0 spiro atoms. The summed E-state index contributed by atoms with van der Waals surface area (Å²) in [5.74, 6) is 0.975. The van der Waals surface area contributed by atoms with Crippen LogP contribution in [0.1, 0.15) is 38.3 Å². The highest BCUT2D eigenvalue weighted by atomic mass is 16.5. The second-order valence-electron chi connectivity index (χ2n) is 5.08. The summed E-state index contributed by atoms with van der Waals surface area (Å²) in [5, 5.41) is 8.88. The van der Waals surface area contributed by atoms with E-state index in [1.807, 2.05) is 0 Å². The lowest BCUT2D eigenvalue weighted by Crippen LogP contribution is -2.14. The molecule has 0 saturated heterocycles. The minimum Gasteiger partial charge on any atom is -0.496 e. The number of aliphatic hydroxyl groups excluding tert-OH is 1. The largest absolute Gasteiger partial charge is 0.496 e. The lowest BCUT2D eigenvalue weighted by atomic mass is 9.84. The topological polar surface area (TPSA) is 29.5 Å². The summed E-state index contributed by atoms with van der Waals surface area (Å²) in [6.45, 7) is 6.77. The minimum absolute atomic E-state index is 0.0839. The van der Waals surface area contributed by atoms with Gasteiger partial charge in [0.15, 0.2) is 0 Å². The highest BCUT2D eigenvalue weighted by molar-refractivity contribution is 5.45. The van der Waals surface area contributed by atoms with E-state index in [1.165, 1.54) is 11.1 Å². The van der Waals surface area contributed by atoms with Crippen LogP contribution in [0.4, 0.5) is 0 Å². The van der Waals surface area contributed by atoms with Gasteiger partial charge in [-0.2, -0.15) is 0 Å². The van der Waals surface area contributed by atoms with E-state index in [1.54, 1.807) is 7.11 Å². The van der Waals surface area contributed by atoms with Crippen LogP contribution in [-0.4, -0.2) is 18.8 Å². The lowest BCUT2D eigenvalue weighted by Gasteiger charge is -2.23. The zero-order valence-corrected chi connectivity index (χ0v) is 10.7. The Morgan fingerprint density at radius 3 is 2.44 bits per heavy atom. The first-order valence-electron chi connectivity index (χ1n) is 5.78. The summed E-state index contributed by atoms with van der Waals surface area (Å²) in [6, 6.07) is 6.25. The summed E-state index contributed by atoms with van der Waals surface area (Å²) < 4.78 is 5.52. The molecule has 0 unspecified atom stereocenters. The maximum Gasteiger partial charge on any atom is 0.125 e. The van der Waals surface area contributed by atoms with Crippen LogP contribution in [0.25, 0.3) is 0 Å². The predicted octanol–water partition coefficient (Wildman–Crippen LogP) is 2.92. The third kappa shape index (κ3) is 2.99. The van der Waals surface area contributed by atoms with E-state index in [9.17, 15) is 0 Å². The fourth-order valence-electron chi connectivity index (χ4n) is 1.88. The minimum atomic E-state index is 0.0839. The number of rotatable bonds is 4. The van der Waals surface area contributed by atoms with E-state index in [4.69, 9.17) is 9.84 Å². The molecule has 0 aliphatic rings. The van der Waals surface area contributed by atoms with Gasteiger partial charge in [-0.15, -0.1) is 0 Å². The Labute approximate surface area is 98.3 Å². The van der Waals surface area contributed by atoms with Crippen molar-refractivity contribution in [3.8, 4) is 5.75 Å². The molecule has 0 aromatic heterocycles. The van der Waals surface area contributed by atoms with Gasteiger partial charge in [-0.05, 0) is 29.4 Å². The Kier molecular flexibility index (Phi) is 4.36. The Hall–Kier alpha value is -1.02. The van der Waals surface area contributed by atoms with Crippen molar-refractivity contribution in [1.29, 1.82) is 0 Å². The zero-order chi connectivity index (χ0) is 12.2. The van der Waals surface area contributed by atoms with Gasteiger partial charge in [-0.25, -0.2) is 0 Å². The summed E-state index contributed by atoms with van der Waals surface area (Å²) in [5.41, 5.74) is 2.50. The molecular weight excluding hydrogens is 200 g/mol. The molecule has 2 heteroatoms. The van der Waals surface area contributed by atoms with Gasteiger partial charge in [0.1, 0.15) is 5.75 Å². The number of methoxy groups -OCH3 is 1. The van der Waals surface area contributed by atoms with Crippen molar-refractivity contribution in [3.63, 3.8) is 0 Å². The molecule has 2 nitrogen and oxygen atoms in total. The summed E-state index contributed by atoms with van der Waals surface area (Å²) in [4.78, 5) is 0. The zero-order valence-electron chi connectivity index (χ0n) is 10.7. The SMILES string of the molecule is COc1c(CCCO)cccc1C(C)(C)C. The molecule has 0 aliphatic carbocycles. The van der Waals surface area contributed by atoms with Crippen LogP contribution in [0, 0.1) is 0 Å². The molecule has 0 bridgehead atoms. The Morgan fingerprint density at radius 2 is 1.94 bits per heavy atom. The van der Waals surface area contributed by atoms with E-state index in [2.05, 4.69) is 39.0 Å². The fourth-order valence-corrected chi connectivity index (χ4v) is 1.88. The van der Waals surface area contributed by atoms with Gasteiger partial charge in [0.2, 0.25) is 0 Å². The Bertz CT molecular complexity index is 337. The van der Waals surface area contributed by atoms with Crippen molar-refractivity contribution in [1.82, 2.24) is 0 Å². The number of hydrogen-bond acceptors (Lipinski definition) is 2. The average Bonchev–Trinajstić information content (AvgIpc) is 2.24. The van der Waals surface area contributed by atoms with Gasteiger partial charge in [0.25, 0.3) is 0 Å². The van der Waals surface area contributed by atoms with Gasteiger partial charge in [-0.1, -0.05) is 39.0 Å². The highest BCUT2D eigenvalue weighted by Gasteiger charge is 2.20. The smallest absolute Gasteiger partial charge is 0.125 e. The molecule has 0 radical (unpaired) electrons. The van der Waals surface area contributed by atoms with Gasteiger partial charge in [0.05, 0.1) is 7.11 Å². The maximum absolute atomic E-state index is 8.88. The van der Waals surface area contributed by atoms with Crippen molar-refractivity contribution in [2.45, 2.75) is 39.0 Å². The molecule has 0 amide bonds. The first-order chi connectivity index (χ1) is 7.50. The third-order valence-electron chi connectivity index (χ3n) is 2.71. The van der Waals surface area contributed by atoms with E-state index >= 15 is 0 Å². The van der Waals surface area contributed by atoms with Crippen LogP contribution in [0.15, 0.2) is 18.2 Å².